The van der Waals surface area contributed by atoms with Crippen LogP contribution >= 0.6 is 11.3 Å². The topological polar surface area (TPSA) is 55.7 Å². The minimum Gasteiger partial charge on any atom is -0.490 e. The molecule has 3 aromatic rings. The molecule has 0 amide bonds. The molecule has 2 aromatic carbocycles. The van der Waals surface area contributed by atoms with E-state index in [1.807, 2.05) is 63.2 Å². The molecule has 0 saturated carbocycles. The van der Waals surface area contributed by atoms with Gasteiger partial charge in [-0.05, 0) is 56.7 Å². The van der Waals surface area contributed by atoms with Crippen molar-refractivity contribution in [3.05, 3.63) is 48.0 Å². The largest absolute Gasteiger partial charge is 0.490 e. The van der Waals surface area contributed by atoms with Gasteiger partial charge >= 0.3 is 0 Å². The lowest BCUT2D eigenvalue weighted by Crippen LogP contribution is -2.07. The lowest BCUT2D eigenvalue weighted by molar-refractivity contribution is 0.224. The quantitative estimate of drug-likeness (QED) is 0.482. The molecule has 0 aliphatic heterocycles. The first-order valence-electron chi connectivity index (χ1n) is 8.24. The fourth-order valence-electron chi connectivity index (χ4n) is 2.31. The number of hydrogen-bond donors (Lipinski definition) is 1. The van der Waals surface area contributed by atoms with Crippen molar-refractivity contribution in [1.29, 1.82) is 0 Å². The third kappa shape index (κ3) is 4.48. The Balaban J connectivity index is 1.72. The maximum absolute atomic E-state index is 5.77. The number of hydrogen-bond acceptors (Lipinski definition) is 6. The zero-order valence-corrected chi connectivity index (χ0v) is 15.3. The Kier molecular flexibility index (Phi) is 5.50. The summed E-state index contributed by atoms with van der Waals surface area (Å²) in [7, 11) is 0. The summed E-state index contributed by atoms with van der Waals surface area (Å²) < 4.78 is 12.6. The highest BCUT2D eigenvalue weighted by Gasteiger charge is 2.07. The molecule has 1 heterocycles. The van der Waals surface area contributed by atoms with E-state index in [1.165, 1.54) is 0 Å². The van der Waals surface area contributed by atoms with Gasteiger partial charge in [0.25, 0.3) is 0 Å². The number of nitrogens with one attached hydrogen (secondary N) is 1. The van der Waals surface area contributed by atoms with Crippen molar-refractivity contribution in [2.45, 2.75) is 26.9 Å². The maximum atomic E-state index is 5.77. The first-order valence-corrected chi connectivity index (χ1v) is 9.05. The lowest BCUT2D eigenvalue weighted by atomic mass is 10.2. The Bertz CT molecular complexity index is 841. The van der Waals surface area contributed by atoms with Crippen LogP contribution in [-0.4, -0.2) is 23.9 Å². The summed E-state index contributed by atoms with van der Waals surface area (Å²) in [6, 6.07) is 13.8. The zero-order chi connectivity index (χ0) is 17.6. The van der Waals surface area contributed by atoms with Gasteiger partial charge in [0.05, 0.1) is 29.1 Å². The van der Waals surface area contributed by atoms with Gasteiger partial charge in [-0.3, -0.25) is 5.43 Å². The van der Waals surface area contributed by atoms with Gasteiger partial charge in [-0.1, -0.05) is 23.5 Å². The van der Waals surface area contributed by atoms with Crippen LogP contribution in [0.15, 0.2) is 47.6 Å². The van der Waals surface area contributed by atoms with Crippen molar-refractivity contribution in [3.8, 4) is 11.5 Å². The smallest absolute Gasteiger partial charge is 0.204 e. The second-order valence-corrected chi connectivity index (χ2v) is 6.69. The van der Waals surface area contributed by atoms with Crippen molar-refractivity contribution < 1.29 is 9.47 Å². The maximum Gasteiger partial charge on any atom is 0.204 e. The average molecular weight is 355 g/mol. The molecule has 3 rings (SSSR count). The molecule has 0 aliphatic rings. The van der Waals surface area contributed by atoms with Gasteiger partial charge in [0.2, 0.25) is 5.13 Å². The molecule has 0 aliphatic carbocycles. The number of ether oxygens (including phenoxy) is 2. The first-order chi connectivity index (χ1) is 12.2. The molecule has 0 fully saturated rings. The van der Waals surface area contributed by atoms with E-state index >= 15 is 0 Å². The van der Waals surface area contributed by atoms with E-state index in [-0.39, 0.29) is 6.10 Å². The van der Waals surface area contributed by atoms with Gasteiger partial charge in [-0.2, -0.15) is 5.10 Å². The normalized spacial score (nSPS) is 11.4. The van der Waals surface area contributed by atoms with E-state index in [9.17, 15) is 0 Å². The lowest BCUT2D eigenvalue weighted by Gasteiger charge is -2.14. The molecule has 5 nitrogen and oxygen atoms in total. The average Bonchev–Trinajstić information content (AvgIpc) is 2.99. The fraction of sp³-hybridized carbons (Fsp3) is 0.263. The van der Waals surface area contributed by atoms with Crippen LogP contribution in [0.5, 0.6) is 11.5 Å². The molecule has 1 N–H and O–H groups in total. The molecule has 0 bridgehead atoms. The third-order valence-corrected chi connectivity index (χ3v) is 4.24. The monoisotopic (exact) mass is 355 g/mol. The van der Waals surface area contributed by atoms with Crippen LogP contribution in [-0.2, 0) is 0 Å². The van der Waals surface area contributed by atoms with Crippen molar-refractivity contribution in [2.24, 2.45) is 5.10 Å². The van der Waals surface area contributed by atoms with E-state index < -0.39 is 0 Å². The molecular weight excluding hydrogens is 334 g/mol. The Hall–Kier alpha value is -2.60. The summed E-state index contributed by atoms with van der Waals surface area (Å²) in [5.41, 5.74) is 4.88. The van der Waals surface area contributed by atoms with Crippen LogP contribution in [0.2, 0.25) is 0 Å². The van der Waals surface area contributed by atoms with Crippen LogP contribution in [0.4, 0.5) is 5.13 Å². The number of fused-ring (bicyclic) bond motifs is 1. The highest BCUT2D eigenvalue weighted by Crippen LogP contribution is 2.29. The van der Waals surface area contributed by atoms with Crippen molar-refractivity contribution >= 4 is 32.9 Å². The number of hydrazone groups is 1. The molecule has 0 radical (unpaired) electrons. The Morgan fingerprint density at radius 3 is 2.80 bits per heavy atom. The Morgan fingerprint density at radius 2 is 2.04 bits per heavy atom. The second-order valence-electron chi connectivity index (χ2n) is 5.66. The standard InChI is InChI=1S/C19H21N3O2S/c1-4-23-17-11-14(9-10-16(17)24-13(2)3)12-20-22-19-21-15-7-5-6-8-18(15)25-19/h5-13H,4H2,1-3H3,(H,21,22)/b20-12-. The van der Waals surface area contributed by atoms with E-state index in [0.29, 0.717) is 6.61 Å². The summed E-state index contributed by atoms with van der Waals surface area (Å²) in [6.07, 6.45) is 1.84. The van der Waals surface area contributed by atoms with E-state index in [4.69, 9.17) is 9.47 Å². The molecule has 6 heteroatoms. The summed E-state index contributed by atoms with van der Waals surface area (Å²) in [5, 5.41) is 5.04. The van der Waals surface area contributed by atoms with Crippen LogP contribution < -0.4 is 14.9 Å². The molecule has 130 valence electrons. The Morgan fingerprint density at radius 1 is 1.20 bits per heavy atom. The predicted molar refractivity (Wildman–Crippen MR) is 104 cm³/mol. The van der Waals surface area contributed by atoms with Crippen molar-refractivity contribution in [3.63, 3.8) is 0 Å². The van der Waals surface area contributed by atoms with Gasteiger partial charge in [-0.25, -0.2) is 4.98 Å². The van der Waals surface area contributed by atoms with Gasteiger partial charge in [-0.15, -0.1) is 0 Å². The molecule has 1 aromatic heterocycles. The van der Waals surface area contributed by atoms with E-state index in [0.717, 1.165) is 32.4 Å². The van der Waals surface area contributed by atoms with Crippen LogP contribution in [0.3, 0.4) is 0 Å². The van der Waals surface area contributed by atoms with Gasteiger partial charge in [0, 0.05) is 0 Å². The first kappa shape index (κ1) is 17.2. The van der Waals surface area contributed by atoms with Gasteiger partial charge < -0.3 is 9.47 Å². The summed E-state index contributed by atoms with van der Waals surface area (Å²) in [6.45, 7) is 6.52. The third-order valence-electron chi connectivity index (χ3n) is 3.30. The Labute approximate surface area is 151 Å². The molecule has 0 saturated heterocycles. The number of nitrogens with zero attached hydrogens (tertiary/aromatic N) is 2. The SMILES string of the molecule is CCOc1cc(/C=N\Nc2nc3ccccc3s2)ccc1OC(C)C. The number of rotatable bonds is 7. The van der Waals surface area contributed by atoms with Crippen LogP contribution in [0.1, 0.15) is 26.3 Å². The van der Waals surface area contributed by atoms with Crippen molar-refractivity contribution in [2.75, 3.05) is 12.0 Å². The second kappa shape index (κ2) is 7.98. The molecular formula is C19H21N3O2S. The number of benzene rings is 2. The number of aromatic nitrogens is 1. The highest BCUT2D eigenvalue weighted by atomic mass is 32.1. The number of anilines is 1. The summed E-state index contributed by atoms with van der Waals surface area (Å²) >= 11 is 1.57. The minimum atomic E-state index is 0.0967. The summed E-state index contributed by atoms with van der Waals surface area (Å²) in [4.78, 5) is 4.49. The van der Waals surface area contributed by atoms with E-state index in [1.54, 1.807) is 17.6 Å². The molecule has 25 heavy (non-hydrogen) atoms. The van der Waals surface area contributed by atoms with Crippen LogP contribution in [0, 0.1) is 0 Å². The van der Waals surface area contributed by atoms with Crippen LogP contribution in [0.25, 0.3) is 10.2 Å². The highest BCUT2D eigenvalue weighted by molar-refractivity contribution is 7.22. The zero-order valence-electron chi connectivity index (χ0n) is 14.5. The fourth-order valence-corrected chi connectivity index (χ4v) is 3.12. The van der Waals surface area contributed by atoms with Gasteiger partial charge in [0.1, 0.15) is 0 Å². The number of thiazole rings is 1. The number of para-hydroxylation sites is 1. The minimum absolute atomic E-state index is 0.0967. The molecule has 0 spiro atoms. The van der Waals surface area contributed by atoms with Crippen molar-refractivity contribution in [1.82, 2.24) is 4.98 Å². The molecule has 0 unspecified atom stereocenters. The predicted octanol–water partition coefficient (Wildman–Crippen LogP) is 4.93. The molecule has 0 atom stereocenters. The van der Waals surface area contributed by atoms with E-state index in [2.05, 4.69) is 15.5 Å². The summed E-state index contributed by atoms with van der Waals surface area (Å²) in [5.74, 6) is 1.47. The van der Waals surface area contributed by atoms with Gasteiger partial charge in [0.15, 0.2) is 11.5 Å².